The van der Waals surface area contributed by atoms with E-state index in [0.717, 1.165) is 12.7 Å². The van der Waals surface area contributed by atoms with Gasteiger partial charge in [-0.2, -0.15) is 4.31 Å². The van der Waals surface area contributed by atoms with Gasteiger partial charge in [-0.25, -0.2) is 24.1 Å². The van der Waals surface area contributed by atoms with Crippen LogP contribution >= 0.6 is 15.6 Å². The summed E-state index contributed by atoms with van der Waals surface area (Å²) in [7, 11) is -11.0. The third kappa shape index (κ3) is 5.11. The van der Waals surface area contributed by atoms with Gasteiger partial charge in [0.25, 0.3) is 5.71 Å². The third-order valence-corrected chi connectivity index (χ3v) is 8.17. The number of imidazole rings is 1. The standard InChI is InChI=1S/C16H16N8O16P2/c17-13-10-14(19-4-18-13)21(5-20-10)15-12-11(7(37-15)3-36-42(34,35)40-41(31,32)33)38-16(39-12)8(23(27)28)1-6(22(25)26)2-9(16)24(29)30/h1-2,4-5,7,11-12,15H,3H2,(H,25,26)(H,34,35)(H2,17,18,19)(H2,31,32,33)/t7-,11-,12-,15-/m1/s1. The van der Waals surface area contributed by atoms with Gasteiger partial charge in [-0.1, -0.05) is 0 Å². The van der Waals surface area contributed by atoms with E-state index in [2.05, 4.69) is 23.8 Å². The van der Waals surface area contributed by atoms with Gasteiger partial charge in [-0.3, -0.25) is 34.5 Å². The number of anilines is 1. The van der Waals surface area contributed by atoms with Crippen molar-refractivity contribution in [1.82, 2.24) is 19.5 Å². The molecule has 0 saturated carbocycles. The molecular formula is C16H16N8O16P2. The molecule has 6 N–H and O–H groups in total. The van der Waals surface area contributed by atoms with Crippen molar-refractivity contribution in [3.63, 3.8) is 0 Å². The van der Waals surface area contributed by atoms with Crippen molar-refractivity contribution in [2.75, 3.05) is 12.3 Å². The first-order valence-electron chi connectivity index (χ1n) is 11.0. The minimum Gasteiger partial charge on any atom is -0.417 e. The number of rotatable bonds is 8. The van der Waals surface area contributed by atoms with Gasteiger partial charge in [0.15, 0.2) is 17.7 Å². The molecule has 24 nitrogen and oxygen atoms in total. The first kappa shape index (κ1) is 29.5. The average Bonchev–Trinajstić information content (AvgIpc) is 3.54. The second-order valence-corrected chi connectivity index (χ2v) is 11.4. The number of hydrogen-bond acceptors (Lipinski definition) is 17. The van der Waals surface area contributed by atoms with Crippen LogP contribution in [0.5, 0.6) is 0 Å². The van der Waals surface area contributed by atoms with Crippen molar-refractivity contribution < 1.29 is 66.8 Å². The second kappa shape index (κ2) is 10.1. The molecule has 1 unspecified atom stereocenters. The van der Waals surface area contributed by atoms with Crippen LogP contribution in [0.1, 0.15) is 6.23 Å². The van der Waals surface area contributed by atoms with Crippen LogP contribution in [-0.2, 0) is 32.2 Å². The fourth-order valence-corrected chi connectivity index (χ4v) is 6.07. The lowest BCUT2D eigenvalue weighted by Crippen LogP contribution is -2.46. The Balaban J connectivity index is 1.59. The maximum Gasteiger partial charge on any atom is 0.481 e. The van der Waals surface area contributed by atoms with Gasteiger partial charge in [0.1, 0.15) is 30.2 Å². The highest BCUT2D eigenvalue weighted by molar-refractivity contribution is 7.60. The molecule has 1 spiro atoms. The van der Waals surface area contributed by atoms with E-state index in [4.69, 9.17) is 29.7 Å². The Morgan fingerprint density at radius 3 is 2.24 bits per heavy atom. The van der Waals surface area contributed by atoms with Gasteiger partial charge in [-0.15, -0.1) is 0 Å². The van der Waals surface area contributed by atoms with Crippen LogP contribution in [0.25, 0.3) is 11.2 Å². The third-order valence-electron chi connectivity index (χ3n) is 6.02. The summed E-state index contributed by atoms with van der Waals surface area (Å²) in [6.07, 6.45) is -3.14. The predicted molar refractivity (Wildman–Crippen MR) is 126 cm³/mol. The van der Waals surface area contributed by atoms with Crippen molar-refractivity contribution in [2.24, 2.45) is 0 Å². The summed E-state index contributed by atoms with van der Waals surface area (Å²) in [5, 5.41) is 44.8. The summed E-state index contributed by atoms with van der Waals surface area (Å²) in [5.74, 6) is -3.01. The Bertz CT molecular complexity index is 1650. The fourth-order valence-electron chi connectivity index (χ4n) is 4.47. The predicted octanol–water partition coefficient (Wildman–Crippen LogP) is -1.31. The lowest BCUT2D eigenvalue weighted by atomic mass is 10.0. The molecule has 1 aliphatic carbocycles. The van der Waals surface area contributed by atoms with E-state index >= 15 is 0 Å². The second-order valence-electron chi connectivity index (χ2n) is 8.54. The minimum absolute atomic E-state index is 0.0201. The summed E-state index contributed by atoms with van der Waals surface area (Å²) in [4.78, 5) is 60.1. The number of allylic oxidation sites excluding steroid dienone is 2. The number of phosphoric acid groups is 2. The SMILES string of the molecule is Nc1ncnc2c1ncn2[C@@H]1O[C@H](COP(=O)(O)OP(=O)(O)O)[C@H]2OC3(O[C@H]21)C([N+](=O)[O-])=CC(=[N+]([O-])O)C=C3[N+](=O)[O-]. The van der Waals surface area contributed by atoms with Gasteiger partial charge in [0.2, 0.25) is 0 Å². The summed E-state index contributed by atoms with van der Waals surface area (Å²) >= 11 is 0. The van der Waals surface area contributed by atoms with Crippen LogP contribution in [0.15, 0.2) is 36.2 Å². The van der Waals surface area contributed by atoms with Gasteiger partial charge < -0.3 is 39.8 Å². The normalized spacial score (nSPS) is 28.8. The molecule has 226 valence electrons. The Kier molecular flexibility index (Phi) is 7.10. The van der Waals surface area contributed by atoms with Crippen molar-refractivity contribution in [3.05, 3.63) is 61.6 Å². The van der Waals surface area contributed by atoms with E-state index in [0.29, 0.717) is 12.2 Å². The summed E-state index contributed by atoms with van der Waals surface area (Å²) < 4.78 is 50.0. The summed E-state index contributed by atoms with van der Waals surface area (Å²) in [5.41, 5.74) is 2.54. The Hall–Kier alpha value is -3.96. The highest BCUT2D eigenvalue weighted by atomic mass is 31.3. The van der Waals surface area contributed by atoms with Gasteiger partial charge in [0, 0.05) is 4.90 Å². The zero-order valence-corrected chi connectivity index (χ0v) is 21.9. The summed E-state index contributed by atoms with van der Waals surface area (Å²) in [6, 6.07) is 0. The number of ether oxygens (including phenoxy) is 3. The highest BCUT2D eigenvalue weighted by Crippen LogP contribution is 2.58. The monoisotopic (exact) mass is 638 g/mol. The van der Waals surface area contributed by atoms with Crippen LogP contribution in [0.3, 0.4) is 0 Å². The molecule has 2 aromatic heterocycles. The molecule has 2 aromatic rings. The van der Waals surface area contributed by atoms with Crippen molar-refractivity contribution in [2.45, 2.75) is 30.3 Å². The fraction of sp³-hybridized carbons (Fsp3) is 0.375. The number of fused-ring (bicyclic) bond motifs is 2. The minimum atomic E-state index is -5.52. The van der Waals surface area contributed by atoms with E-state index in [1.807, 2.05) is 0 Å². The molecule has 4 heterocycles. The van der Waals surface area contributed by atoms with E-state index in [1.165, 1.54) is 4.57 Å². The number of nitro groups is 2. The lowest BCUT2D eigenvalue weighted by Gasteiger charge is -2.27. The quantitative estimate of drug-likeness (QED) is 0.0736. The van der Waals surface area contributed by atoms with Crippen molar-refractivity contribution >= 4 is 38.3 Å². The number of hydrogen-bond donors (Lipinski definition) is 5. The van der Waals surface area contributed by atoms with E-state index < -0.39 is 84.4 Å². The molecule has 0 amide bonds. The Morgan fingerprint density at radius 1 is 1.05 bits per heavy atom. The largest absolute Gasteiger partial charge is 0.481 e. The van der Waals surface area contributed by atoms with E-state index in [9.17, 15) is 44.7 Å². The number of nitrogens with zero attached hydrogens (tertiary/aromatic N) is 7. The molecule has 2 saturated heterocycles. The first-order chi connectivity index (χ1) is 19.5. The summed E-state index contributed by atoms with van der Waals surface area (Å²) in [6.45, 7) is -1.05. The van der Waals surface area contributed by atoms with Crippen LogP contribution in [-0.4, -0.2) is 90.6 Å². The lowest BCUT2D eigenvalue weighted by molar-refractivity contribution is -0.725. The van der Waals surface area contributed by atoms with Crippen LogP contribution in [0, 0.1) is 25.4 Å². The van der Waals surface area contributed by atoms with Crippen molar-refractivity contribution in [3.8, 4) is 0 Å². The molecule has 2 aliphatic heterocycles. The molecular weight excluding hydrogens is 622 g/mol. The number of aromatic nitrogens is 4. The molecule has 5 atom stereocenters. The van der Waals surface area contributed by atoms with Crippen molar-refractivity contribution in [1.29, 1.82) is 0 Å². The van der Waals surface area contributed by atoms with Gasteiger partial charge >= 0.3 is 32.8 Å². The molecule has 0 aromatic carbocycles. The maximum absolute atomic E-state index is 12.1. The van der Waals surface area contributed by atoms with Gasteiger partial charge in [-0.05, 0) is 0 Å². The molecule has 26 heteroatoms. The molecule has 5 rings (SSSR count). The molecule has 3 aliphatic rings. The topological polar surface area (TPSA) is 343 Å². The number of nitrogen functional groups attached to an aromatic ring is 1. The van der Waals surface area contributed by atoms with Crippen LogP contribution in [0.2, 0.25) is 0 Å². The first-order valence-corrected chi connectivity index (χ1v) is 14.0. The number of nitrogens with two attached hydrogens (primary N) is 1. The zero-order chi connectivity index (χ0) is 30.8. The molecule has 2 fully saturated rings. The molecule has 42 heavy (non-hydrogen) atoms. The Labute approximate surface area is 229 Å². The van der Waals surface area contributed by atoms with Gasteiger partial charge in [0.05, 0.1) is 34.9 Å². The highest BCUT2D eigenvalue weighted by Gasteiger charge is 2.70. The van der Waals surface area contributed by atoms with E-state index in [1.54, 1.807) is 0 Å². The smallest absolute Gasteiger partial charge is 0.417 e. The molecule has 0 bridgehead atoms. The Morgan fingerprint density at radius 2 is 1.67 bits per heavy atom. The van der Waals surface area contributed by atoms with Crippen LogP contribution in [0.4, 0.5) is 5.82 Å². The average molecular weight is 638 g/mol. The van der Waals surface area contributed by atoms with Crippen LogP contribution < -0.4 is 5.73 Å². The maximum atomic E-state index is 12.1. The zero-order valence-electron chi connectivity index (χ0n) is 20.1. The number of phosphoric ester groups is 1. The molecule has 0 radical (unpaired) electrons. The van der Waals surface area contributed by atoms with E-state index in [-0.39, 0.29) is 17.0 Å².